The lowest BCUT2D eigenvalue weighted by molar-refractivity contribution is -0.0634. The molecule has 1 aromatic rings. The molecule has 144 valence electrons. The van der Waals surface area contributed by atoms with Gasteiger partial charge in [-0.05, 0) is 55.9 Å². The number of morpholine rings is 1. The first-order chi connectivity index (χ1) is 12.5. The van der Waals surface area contributed by atoms with E-state index in [9.17, 15) is 8.42 Å². The molecular weight excluding hydrogens is 352 g/mol. The maximum absolute atomic E-state index is 13.4. The number of fused-ring (bicyclic) bond motifs is 2. The Kier molecular flexibility index (Phi) is 4.98. The highest BCUT2D eigenvalue weighted by atomic mass is 32.2. The summed E-state index contributed by atoms with van der Waals surface area (Å²) in [5, 5.41) is 0. The number of ether oxygens (including phenoxy) is 2. The van der Waals surface area contributed by atoms with Gasteiger partial charge in [-0.3, -0.25) is 4.90 Å². The molecule has 4 rings (SSSR count). The molecule has 2 saturated heterocycles. The molecule has 26 heavy (non-hydrogen) atoms. The Balaban J connectivity index is 1.65. The number of benzene rings is 1. The molecule has 0 radical (unpaired) electrons. The topological polar surface area (TPSA) is 59.1 Å². The highest BCUT2D eigenvalue weighted by molar-refractivity contribution is 7.89. The van der Waals surface area contributed by atoms with Crippen LogP contribution in [-0.4, -0.2) is 69.7 Å². The molecule has 2 heterocycles. The summed E-state index contributed by atoms with van der Waals surface area (Å²) in [5.74, 6) is 0.818. The van der Waals surface area contributed by atoms with Crippen molar-refractivity contribution in [3.05, 3.63) is 23.3 Å². The smallest absolute Gasteiger partial charge is 0.243 e. The predicted octanol–water partition coefficient (Wildman–Crippen LogP) is 1.67. The number of methoxy groups -OCH3 is 1. The molecule has 0 unspecified atom stereocenters. The average molecular weight is 381 g/mol. The van der Waals surface area contributed by atoms with Crippen molar-refractivity contribution >= 4 is 10.0 Å². The van der Waals surface area contributed by atoms with Crippen LogP contribution in [0.25, 0.3) is 0 Å². The van der Waals surface area contributed by atoms with Gasteiger partial charge in [0.15, 0.2) is 0 Å². The monoisotopic (exact) mass is 380 g/mol. The number of rotatable bonds is 3. The standard InChI is InChI=1S/C19H28N2O4S/c1-14-12-25-13-15-11-20(9-10-21(14)15)26(22,23)19-8-7-18(24-2)16-5-3-4-6-17(16)19/h7-8,14-15H,3-6,9-13H2,1-2H3/t14-,15+/m0/s1. The molecule has 0 aromatic heterocycles. The van der Waals surface area contributed by atoms with Crippen molar-refractivity contribution in [1.82, 2.24) is 9.21 Å². The number of hydrogen-bond acceptors (Lipinski definition) is 5. The molecule has 0 amide bonds. The maximum Gasteiger partial charge on any atom is 0.243 e. The average Bonchev–Trinajstić information content (AvgIpc) is 2.67. The zero-order chi connectivity index (χ0) is 18.3. The number of sulfonamides is 1. The Morgan fingerprint density at radius 3 is 2.65 bits per heavy atom. The molecule has 2 fully saturated rings. The van der Waals surface area contributed by atoms with E-state index < -0.39 is 10.0 Å². The first-order valence-electron chi connectivity index (χ1n) is 9.54. The fourth-order valence-corrected chi connectivity index (χ4v) is 6.38. The Bertz CT molecular complexity index is 780. The molecule has 0 saturated carbocycles. The fourth-order valence-electron chi connectivity index (χ4n) is 4.63. The number of hydrogen-bond donors (Lipinski definition) is 0. The van der Waals surface area contributed by atoms with Gasteiger partial charge in [0.25, 0.3) is 0 Å². The zero-order valence-electron chi connectivity index (χ0n) is 15.6. The molecule has 0 bridgehead atoms. The van der Waals surface area contributed by atoms with Crippen LogP contribution in [0.15, 0.2) is 17.0 Å². The van der Waals surface area contributed by atoms with Crippen molar-refractivity contribution in [1.29, 1.82) is 0 Å². The summed E-state index contributed by atoms with van der Waals surface area (Å²) < 4.78 is 39.7. The second-order valence-corrected chi connectivity index (χ2v) is 9.48. The van der Waals surface area contributed by atoms with E-state index in [0.29, 0.717) is 30.6 Å². The lowest BCUT2D eigenvalue weighted by atomic mass is 9.91. The lowest BCUT2D eigenvalue weighted by Gasteiger charge is -2.46. The van der Waals surface area contributed by atoms with Crippen LogP contribution in [0.1, 0.15) is 30.9 Å². The van der Waals surface area contributed by atoms with Crippen LogP contribution in [0.4, 0.5) is 0 Å². The Morgan fingerprint density at radius 2 is 1.88 bits per heavy atom. The van der Waals surface area contributed by atoms with Crippen LogP contribution in [0.3, 0.4) is 0 Å². The van der Waals surface area contributed by atoms with Crippen LogP contribution in [0.2, 0.25) is 0 Å². The van der Waals surface area contributed by atoms with E-state index in [-0.39, 0.29) is 6.04 Å². The van der Waals surface area contributed by atoms with Crippen molar-refractivity contribution in [2.24, 2.45) is 0 Å². The van der Waals surface area contributed by atoms with Crippen LogP contribution < -0.4 is 4.74 Å². The van der Waals surface area contributed by atoms with Crippen molar-refractivity contribution < 1.29 is 17.9 Å². The van der Waals surface area contributed by atoms with Gasteiger partial charge < -0.3 is 9.47 Å². The van der Waals surface area contributed by atoms with Gasteiger partial charge in [-0.15, -0.1) is 0 Å². The normalized spacial score (nSPS) is 27.6. The molecule has 6 nitrogen and oxygen atoms in total. The minimum Gasteiger partial charge on any atom is -0.496 e. The molecule has 1 aromatic carbocycles. The van der Waals surface area contributed by atoms with Crippen LogP contribution in [0.5, 0.6) is 5.75 Å². The summed E-state index contributed by atoms with van der Waals surface area (Å²) in [6, 6.07) is 4.06. The number of piperazine rings is 1. The Labute approximate surface area is 156 Å². The zero-order valence-corrected chi connectivity index (χ0v) is 16.4. The first kappa shape index (κ1) is 18.2. The summed E-state index contributed by atoms with van der Waals surface area (Å²) in [4.78, 5) is 2.87. The summed E-state index contributed by atoms with van der Waals surface area (Å²) in [7, 11) is -1.85. The fraction of sp³-hybridized carbons (Fsp3) is 0.684. The van der Waals surface area contributed by atoms with Crippen molar-refractivity contribution in [3.8, 4) is 5.75 Å². The minimum atomic E-state index is -3.50. The predicted molar refractivity (Wildman–Crippen MR) is 99.2 cm³/mol. The Hall–Kier alpha value is -1.15. The lowest BCUT2D eigenvalue weighted by Crippen LogP contribution is -2.61. The van der Waals surface area contributed by atoms with E-state index in [0.717, 1.165) is 55.7 Å². The molecule has 0 N–H and O–H groups in total. The van der Waals surface area contributed by atoms with E-state index in [4.69, 9.17) is 9.47 Å². The molecule has 0 spiro atoms. The second kappa shape index (κ2) is 7.11. The van der Waals surface area contributed by atoms with E-state index >= 15 is 0 Å². The van der Waals surface area contributed by atoms with E-state index in [2.05, 4.69) is 11.8 Å². The summed E-state index contributed by atoms with van der Waals surface area (Å²) >= 11 is 0. The summed E-state index contributed by atoms with van der Waals surface area (Å²) in [6.07, 6.45) is 3.82. The molecule has 1 aliphatic carbocycles. The molecule has 3 aliphatic rings. The van der Waals surface area contributed by atoms with Gasteiger partial charge in [0.1, 0.15) is 5.75 Å². The van der Waals surface area contributed by atoms with Gasteiger partial charge in [0.2, 0.25) is 10.0 Å². The third-order valence-electron chi connectivity index (χ3n) is 6.01. The van der Waals surface area contributed by atoms with Gasteiger partial charge in [0.05, 0.1) is 25.2 Å². The minimum absolute atomic E-state index is 0.149. The molecule has 7 heteroatoms. The van der Waals surface area contributed by atoms with Crippen LogP contribution >= 0.6 is 0 Å². The number of nitrogens with zero attached hydrogens (tertiary/aromatic N) is 2. The SMILES string of the molecule is COc1ccc(S(=O)(=O)N2CCN3[C@@H](COC[C@@H]3C)C2)c2c1CCCC2. The van der Waals surface area contributed by atoms with Gasteiger partial charge in [-0.1, -0.05) is 0 Å². The van der Waals surface area contributed by atoms with Crippen LogP contribution in [-0.2, 0) is 27.6 Å². The molecular formula is C19H28N2O4S. The summed E-state index contributed by atoms with van der Waals surface area (Å²) in [5.41, 5.74) is 2.04. The maximum atomic E-state index is 13.4. The highest BCUT2D eigenvalue weighted by Gasteiger charge is 2.39. The molecule has 2 aliphatic heterocycles. The van der Waals surface area contributed by atoms with Crippen molar-refractivity contribution in [2.45, 2.75) is 49.6 Å². The quantitative estimate of drug-likeness (QED) is 0.798. The Morgan fingerprint density at radius 1 is 1.12 bits per heavy atom. The molecule has 2 atom stereocenters. The van der Waals surface area contributed by atoms with Gasteiger partial charge >= 0.3 is 0 Å². The van der Waals surface area contributed by atoms with E-state index in [1.807, 2.05) is 6.07 Å². The van der Waals surface area contributed by atoms with E-state index in [1.54, 1.807) is 17.5 Å². The first-order valence-corrected chi connectivity index (χ1v) is 11.0. The van der Waals surface area contributed by atoms with Crippen LogP contribution in [0, 0.1) is 0 Å². The third-order valence-corrected chi connectivity index (χ3v) is 7.96. The highest BCUT2D eigenvalue weighted by Crippen LogP contribution is 2.36. The van der Waals surface area contributed by atoms with Crippen molar-refractivity contribution in [3.63, 3.8) is 0 Å². The largest absolute Gasteiger partial charge is 0.496 e. The van der Waals surface area contributed by atoms with Gasteiger partial charge in [0, 0.05) is 31.7 Å². The third kappa shape index (κ3) is 3.05. The van der Waals surface area contributed by atoms with E-state index in [1.165, 1.54) is 0 Å². The van der Waals surface area contributed by atoms with Crippen molar-refractivity contribution in [2.75, 3.05) is 40.0 Å². The van der Waals surface area contributed by atoms with Gasteiger partial charge in [-0.25, -0.2) is 8.42 Å². The van der Waals surface area contributed by atoms with Gasteiger partial charge in [-0.2, -0.15) is 4.31 Å². The summed E-state index contributed by atoms with van der Waals surface area (Å²) in [6.45, 7) is 5.31. The second-order valence-electron chi connectivity index (χ2n) is 7.57.